The number of halogens is 1. The van der Waals surface area contributed by atoms with Gasteiger partial charge in [-0.05, 0) is 41.8 Å². The van der Waals surface area contributed by atoms with Crippen LogP contribution in [0, 0.1) is 6.92 Å². The molecule has 4 heteroatoms. The first-order chi connectivity index (χ1) is 9.04. The topological polar surface area (TPSA) is 64.4 Å². The van der Waals surface area contributed by atoms with Crippen LogP contribution in [0.25, 0.3) is 11.1 Å². The summed E-state index contributed by atoms with van der Waals surface area (Å²) in [6.45, 7) is 2.56. The van der Waals surface area contributed by atoms with Crippen molar-refractivity contribution in [2.45, 2.75) is 13.5 Å². The van der Waals surface area contributed by atoms with Gasteiger partial charge in [-0.2, -0.15) is 0 Å². The molecule has 0 spiro atoms. The third-order valence-corrected chi connectivity index (χ3v) is 3.24. The standard InChI is InChI=1S/C15H16BrN3/c1-10-2-4-12(5-3-10)13-6-11(7-14(16)8-13)9-19-15(17)18/h2-8H,9H2,1H3,(H4,17,18,19). The number of rotatable bonds is 3. The molecule has 0 saturated carbocycles. The van der Waals surface area contributed by atoms with Gasteiger partial charge in [-0.1, -0.05) is 45.8 Å². The monoisotopic (exact) mass is 317 g/mol. The second-order valence-electron chi connectivity index (χ2n) is 4.46. The minimum absolute atomic E-state index is 0.108. The van der Waals surface area contributed by atoms with Crippen LogP contribution in [-0.2, 0) is 6.54 Å². The summed E-state index contributed by atoms with van der Waals surface area (Å²) in [7, 11) is 0. The number of aliphatic imine (C=N–C) groups is 1. The minimum atomic E-state index is 0.108. The van der Waals surface area contributed by atoms with E-state index in [2.05, 4.69) is 64.2 Å². The van der Waals surface area contributed by atoms with Crippen LogP contribution in [0.3, 0.4) is 0 Å². The van der Waals surface area contributed by atoms with Crippen LogP contribution in [-0.4, -0.2) is 5.96 Å². The van der Waals surface area contributed by atoms with Gasteiger partial charge in [0.05, 0.1) is 6.54 Å². The van der Waals surface area contributed by atoms with E-state index in [4.69, 9.17) is 11.5 Å². The van der Waals surface area contributed by atoms with Crippen molar-refractivity contribution < 1.29 is 0 Å². The largest absolute Gasteiger partial charge is 0.370 e. The zero-order chi connectivity index (χ0) is 13.8. The Morgan fingerprint density at radius 3 is 2.37 bits per heavy atom. The van der Waals surface area contributed by atoms with Crippen molar-refractivity contribution in [3.8, 4) is 11.1 Å². The molecule has 0 aliphatic carbocycles. The summed E-state index contributed by atoms with van der Waals surface area (Å²) < 4.78 is 1.02. The lowest BCUT2D eigenvalue weighted by atomic mass is 10.0. The van der Waals surface area contributed by atoms with E-state index in [1.807, 2.05) is 6.07 Å². The fourth-order valence-corrected chi connectivity index (χ4v) is 2.38. The van der Waals surface area contributed by atoms with Gasteiger partial charge in [0.15, 0.2) is 5.96 Å². The van der Waals surface area contributed by atoms with Gasteiger partial charge in [0, 0.05) is 4.47 Å². The Morgan fingerprint density at radius 1 is 1.05 bits per heavy atom. The smallest absolute Gasteiger partial charge is 0.186 e. The summed E-state index contributed by atoms with van der Waals surface area (Å²) in [6.07, 6.45) is 0. The molecule has 2 aromatic carbocycles. The maximum absolute atomic E-state index is 5.36. The highest BCUT2D eigenvalue weighted by Crippen LogP contribution is 2.25. The number of aryl methyl sites for hydroxylation is 1. The van der Waals surface area contributed by atoms with E-state index in [-0.39, 0.29) is 5.96 Å². The Balaban J connectivity index is 2.36. The average molecular weight is 318 g/mol. The first-order valence-electron chi connectivity index (χ1n) is 5.96. The third kappa shape index (κ3) is 3.83. The highest BCUT2D eigenvalue weighted by molar-refractivity contribution is 9.10. The van der Waals surface area contributed by atoms with Gasteiger partial charge in [-0.25, -0.2) is 4.99 Å². The van der Waals surface area contributed by atoms with Crippen molar-refractivity contribution in [3.63, 3.8) is 0 Å². The second-order valence-corrected chi connectivity index (χ2v) is 5.37. The van der Waals surface area contributed by atoms with Crippen molar-refractivity contribution >= 4 is 21.9 Å². The van der Waals surface area contributed by atoms with Crippen molar-refractivity contribution in [2.75, 3.05) is 0 Å². The number of hydrogen-bond donors (Lipinski definition) is 2. The molecule has 98 valence electrons. The minimum Gasteiger partial charge on any atom is -0.370 e. The Bertz CT molecular complexity index is 599. The molecule has 0 amide bonds. The van der Waals surface area contributed by atoms with Gasteiger partial charge >= 0.3 is 0 Å². The lowest BCUT2D eigenvalue weighted by Crippen LogP contribution is -2.22. The van der Waals surface area contributed by atoms with Crippen molar-refractivity contribution in [2.24, 2.45) is 16.5 Å². The fraction of sp³-hybridized carbons (Fsp3) is 0.133. The highest BCUT2D eigenvalue weighted by atomic mass is 79.9. The van der Waals surface area contributed by atoms with E-state index in [1.54, 1.807) is 0 Å². The summed E-state index contributed by atoms with van der Waals surface area (Å²) in [5, 5.41) is 0. The summed E-state index contributed by atoms with van der Waals surface area (Å²) in [6, 6.07) is 14.6. The predicted octanol–water partition coefficient (Wildman–Crippen LogP) is 3.20. The molecular weight excluding hydrogens is 302 g/mol. The van der Waals surface area contributed by atoms with E-state index in [0.717, 1.165) is 15.6 Å². The van der Waals surface area contributed by atoms with Gasteiger partial charge in [-0.3, -0.25) is 0 Å². The number of nitrogens with zero attached hydrogens (tertiary/aromatic N) is 1. The summed E-state index contributed by atoms with van der Waals surface area (Å²) in [5.41, 5.74) is 15.4. The number of hydrogen-bond acceptors (Lipinski definition) is 1. The van der Waals surface area contributed by atoms with Crippen LogP contribution in [0.5, 0.6) is 0 Å². The van der Waals surface area contributed by atoms with Crippen LogP contribution in [0.1, 0.15) is 11.1 Å². The van der Waals surface area contributed by atoms with Crippen LogP contribution in [0.15, 0.2) is 51.9 Å². The highest BCUT2D eigenvalue weighted by Gasteiger charge is 2.02. The van der Waals surface area contributed by atoms with Crippen LogP contribution < -0.4 is 11.5 Å². The first-order valence-corrected chi connectivity index (χ1v) is 6.76. The number of nitrogens with two attached hydrogens (primary N) is 2. The first kappa shape index (κ1) is 13.6. The molecular formula is C15H16BrN3. The fourth-order valence-electron chi connectivity index (χ4n) is 1.84. The van der Waals surface area contributed by atoms with E-state index >= 15 is 0 Å². The molecule has 0 radical (unpaired) electrons. The van der Waals surface area contributed by atoms with Gasteiger partial charge in [0.2, 0.25) is 0 Å². The molecule has 0 aromatic heterocycles. The molecule has 4 N–H and O–H groups in total. The van der Waals surface area contributed by atoms with Gasteiger partial charge in [0.1, 0.15) is 0 Å². The zero-order valence-corrected chi connectivity index (χ0v) is 12.3. The van der Waals surface area contributed by atoms with Crippen LogP contribution in [0.4, 0.5) is 0 Å². The predicted molar refractivity (Wildman–Crippen MR) is 83.8 cm³/mol. The van der Waals surface area contributed by atoms with Gasteiger partial charge in [-0.15, -0.1) is 0 Å². The molecule has 0 unspecified atom stereocenters. The molecule has 2 aromatic rings. The number of benzene rings is 2. The molecule has 0 fully saturated rings. The van der Waals surface area contributed by atoms with Crippen molar-refractivity contribution in [1.29, 1.82) is 0 Å². The molecule has 0 atom stereocenters. The van der Waals surface area contributed by atoms with E-state index in [1.165, 1.54) is 11.1 Å². The van der Waals surface area contributed by atoms with Gasteiger partial charge in [0.25, 0.3) is 0 Å². The molecule has 19 heavy (non-hydrogen) atoms. The Morgan fingerprint density at radius 2 is 1.74 bits per heavy atom. The molecule has 0 heterocycles. The third-order valence-electron chi connectivity index (χ3n) is 2.79. The van der Waals surface area contributed by atoms with Crippen molar-refractivity contribution in [3.05, 3.63) is 58.1 Å². The van der Waals surface area contributed by atoms with E-state index in [0.29, 0.717) is 6.54 Å². The Kier molecular flexibility index (Phi) is 4.22. The van der Waals surface area contributed by atoms with E-state index in [9.17, 15) is 0 Å². The maximum atomic E-state index is 5.36. The Labute approximate surface area is 121 Å². The lowest BCUT2D eigenvalue weighted by molar-refractivity contribution is 1.05. The molecule has 0 aliphatic rings. The number of guanidine groups is 1. The van der Waals surface area contributed by atoms with E-state index < -0.39 is 0 Å². The molecule has 0 saturated heterocycles. The zero-order valence-electron chi connectivity index (χ0n) is 10.7. The normalized spacial score (nSPS) is 10.2. The summed E-state index contributed by atoms with van der Waals surface area (Å²) >= 11 is 3.52. The van der Waals surface area contributed by atoms with Crippen LogP contribution >= 0.6 is 15.9 Å². The summed E-state index contributed by atoms with van der Waals surface area (Å²) in [5.74, 6) is 0.108. The molecule has 3 nitrogen and oxygen atoms in total. The van der Waals surface area contributed by atoms with Crippen LogP contribution in [0.2, 0.25) is 0 Å². The molecule has 2 rings (SSSR count). The SMILES string of the molecule is Cc1ccc(-c2cc(Br)cc(CN=C(N)N)c2)cc1. The quantitative estimate of drug-likeness (QED) is 0.674. The Hall–Kier alpha value is -1.81. The molecule has 0 aliphatic heterocycles. The second kappa shape index (κ2) is 5.89. The van der Waals surface area contributed by atoms with Gasteiger partial charge < -0.3 is 11.5 Å². The lowest BCUT2D eigenvalue weighted by Gasteiger charge is -2.06. The maximum Gasteiger partial charge on any atom is 0.186 e. The molecule has 0 bridgehead atoms. The van der Waals surface area contributed by atoms with Crippen molar-refractivity contribution in [1.82, 2.24) is 0 Å². The average Bonchev–Trinajstić information content (AvgIpc) is 2.36. The summed E-state index contributed by atoms with van der Waals surface area (Å²) in [4.78, 5) is 4.04.